The molecule has 366 valence electrons. The molecule has 2 aromatic heterocycles. The van der Waals surface area contributed by atoms with Crippen LogP contribution in [0.5, 0.6) is 24.0 Å². The summed E-state index contributed by atoms with van der Waals surface area (Å²) in [5, 5.41) is 8.04. The molecule has 2 aromatic carbocycles. The Labute approximate surface area is 405 Å². The first-order valence-electron chi connectivity index (χ1n) is 24.3. The minimum absolute atomic E-state index is 0.115. The molecule has 2 N–H and O–H groups in total. The molecule has 2 fully saturated rings. The number of rotatable bonds is 27. The second kappa shape index (κ2) is 23.9. The number of hydrogen-bond acceptors (Lipinski definition) is 14. The predicted octanol–water partition coefficient (Wildman–Crippen LogP) is 9.25. The van der Waals surface area contributed by atoms with Gasteiger partial charge in [0.1, 0.15) is 26.4 Å². The van der Waals surface area contributed by atoms with Crippen LogP contribution in [0.4, 0.5) is 11.9 Å². The Kier molecular flexibility index (Phi) is 18.1. The lowest BCUT2D eigenvalue weighted by Crippen LogP contribution is -2.64. The summed E-state index contributed by atoms with van der Waals surface area (Å²) in [5.74, 6) is 1.08. The number of unbranched alkanes of at least 4 members (excludes halogenated alkanes) is 3. The zero-order valence-electron chi connectivity index (χ0n) is 41.6. The number of benzene rings is 2. The predicted molar refractivity (Wildman–Crippen MR) is 273 cm³/mol. The van der Waals surface area contributed by atoms with E-state index in [0.717, 1.165) is 77.3 Å². The standard InChI is InChI=1S/C54H76N10O4/c1-11-31-65-47-55-45(56-48(59-47)66-32-12-2)63(43-37-51(5,6)61-53(9,39-43)35-41-25-19-17-20-26-41)29-23-15-16-24-30-64(46-57-49(67-33-13-3)60-50(58-46)68-34-14-4)44-38-52(7,8)62-54(10,40-44)36-42-27-21-18-22-28-42/h11-14,17-22,25-28,43-44,61-62H,1-4,15-16,23-24,29-40H2,5-10H3. The summed E-state index contributed by atoms with van der Waals surface area (Å²) in [4.78, 5) is 33.3. The van der Waals surface area contributed by atoms with E-state index < -0.39 is 0 Å². The van der Waals surface area contributed by atoms with Crippen LogP contribution in [0.3, 0.4) is 0 Å². The fourth-order valence-electron chi connectivity index (χ4n) is 10.5. The summed E-state index contributed by atoms with van der Waals surface area (Å²) in [6, 6.07) is 22.5. The third-order valence-electron chi connectivity index (χ3n) is 12.4. The summed E-state index contributed by atoms with van der Waals surface area (Å²) >= 11 is 0. The molecule has 0 bridgehead atoms. The largest absolute Gasteiger partial charge is 0.459 e. The van der Waals surface area contributed by atoms with Crippen LogP contribution in [-0.2, 0) is 12.8 Å². The van der Waals surface area contributed by atoms with Crippen LogP contribution >= 0.6 is 0 Å². The van der Waals surface area contributed by atoms with E-state index >= 15 is 0 Å². The Balaban J connectivity index is 1.25. The van der Waals surface area contributed by atoms with Crippen molar-refractivity contribution >= 4 is 11.9 Å². The topological polar surface area (TPSA) is 145 Å². The number of nitrogens with one attached hydrogen (secondary N) is 2. The van der Waals surface area contributed by atoms with Crippen molar-refractivity contribution in [2.75, 3.05) is 49.3 Å². The molecule has 2 aliphatic heterocycles. The molecule has 4 aromatic rings. The maximum absolute atomic E-state index is 5.92. The van der Waals surface area contributed by atoms with Crippen molar-refractivity contribution in [3.05, 3.63) is 122 Å². The highest BCUT2D eigenvalue weighted by Gasteiger charge is 2.45. The van der Waals surface area contributed by atoms with Crippen LogP contribution < -0.4 is 39.4 Å². The van der Waals surface area contributed by atoms with Crippen molar-refractivity contribution in [1.82, 2.24) is 40.5 Å². The zero-order chi connectivity index (χ0) is 48.6. The van der Waals surface area contributed by atoms with Gasteiger partial charge in [0.2, 0.25) is 11.9 Å². The van der Waals surface area contributed by atoms with Crippen LogP contribution in [0.1, 0.15) is 104 Å². The van der Waals surface area contributed by atoms with E-state index in [0.29, 0.717) is 11.9 Å². The van der Waals surface area contributed by atoms with E-state index in [1.54, 1.807) is 24.3 Å². The van der Waals surface area contributed by atoms with Gasteiger partial charge in [0, 0.05) is 47.3 Å². The molecule has 6 rings (SSSR count). The summed E-state index contributed by atoms with van der Waals surface area (Å²) in [5.41, 5.74) is 1.91. The van der Waals surface area contributed by atoms with Crippen LogP contribution in [-0.4, -0.2) is 104 Å². The summed E-state index contributed by atoms with van der Waals surface area (Å²) < 4.78 is 23.7. The van der Waals surface area contributed by atoms with Gasteiger partial charge >= 0.3 is 24.0 Å². The van der Waals surface area contributed by atoms with Crippen molar-refractivity contribution in [2.24, 2.45) is 0 Å². The van der Waals surface area contributed by atoms with Crippen molar-refractivity contribution in [3.63, 3.8) is 0 Å². The number of nitrogens with zero attached hydrogens (tertiary/aromatic N) is 8. The molecule has 0 spiro atoms. The molecule has 14 nitrogen and oxygen atoms in total. The molecule has 0 saturated carbocycles. The molecule has 4 atom stereocenters. The Morgan fingerprint density at radius 3 is 1.12 bits per heavy atom. The van der Waals surface area contributed by atoms with E-state index in [9.17, 15) is 0 Å². The molecular weight excluding hydrogens is 853 g/mol. The van der Waals surface area contributed by atoms with Crippen LogP contribution in [0.15, 0.2) is 111 Å². The van der Waals surface area contributed by atoms with E-state index in [1.165, 1.54) is 11.1 Å². The maximum atomic E-state index is 5.92. The highest BCUT2D eigenvalue weighted by molar-refractivity contribution is 5.37. The molecule has 4 unspecified atom stereocenters. The lowest BCUT2D eigenvalue weighted by atomic mass is 9.75. The summed E-state index contributed by atoms with van der Waals surface area (Å²) in [6.45, 7) is 31.7. The highest BCUT2D eigenvalue weighted by Crippen LogP contribution is 2.38. The van der Waals surface area contributed by atoms with Crippen molar-refractivity contribution in [1.29, 1.82) is 0 Å². The monoisotopic (exact) mass is 929 g/mol. The van der Waals surface area contributed by atoms with Crippen LogP contribution in [0.25, 0.3) is 0 Å². The first kappa shape index (κ1) is 51.5. The Morgan fingerprint density at radius 1 is 0.485 bits per heavy atom. The number of hydrogen-bond donors (Lipinski definition) is 2. The molecule has 2 aliphatic rings. The molecular formula is C54H76N10O4. The average Bonchev–Trinajstić information content (AvgIpc) is 3.28. The zero-order valence-corrected chi connectivity index (χ0v) is 41.6. The normalized spacial score (nSPS) is 21.7. The fraction of sp³-hybridized carbons (Fsp3) is 0.519. The van der Waals surface area contributed by atoms with E-state index in [4.69, 9.17) is 38.9 Å². The second-order valence-corrected chi connectivity index (χ2v) is 20.2. The van der Waals surface area contributed by atoms with Crippen molar-refractivity contribution in [3.8, 4) is 24.0 Å². The average molecular weight is 929 g/mol. The van der Waals surface area contributed by atoms with Gasteiger partial charge in [0.25, 0.3) is 0 Å². The molecule has 4 heterocycles. The lowest BCUT2D eigenvalue weighted by Gasteiger charge is -2.51. The molecule has 2 saturated heterocycles. The Bertz CT molecular complexity index is 2030. The van der Waals surface area contributed by atoms with Gasteiger partial charge in [0.15, 0.2) is 0 Å². The minimum Gasteiger partial charge on any atom is -0.459 e. The second-order valence-electron chi connectivity index (χ2n) is 20.2. The van der Waals surface area contributed by atoms with Gasteiger partial charge in [-0.05, 0) is 104 Å². The Hall–Kier alpha value is -5.86. The number of aromatic nitrogens is 6. The molecule has 14 heteroatoms. The smallest absolute Gasteiger partial charge is 0.324 e. The summed E-state index contributed by atoms with van der Waals surface area (Å²) in [7, 11) is 0. The third kappa shape index (κ3) is 15.3. The first-order valence-corrected chi connectivity index (χ1v) is 24.3. The molecule has 0 radical (unpaired) electrons. The van der Waals surface area contributed by atoms with Gasteiger partial charge in [-0.2, -0.15) is 19.9 Å². The van der Waals surface area contributed by atoms with Gasteiger partial charge in [-0.25, -0.2) is 0 Å². The van der Waals surface area contributed by atoms with Gasteiger partial charge in [0.05, 0.1) is 0 Å². The third-order valence-corrected chi connectivity index (χ3v) is 12.4. The van der Waals surface area contributed by atoms with Crippen molar-refractivity contribution < 1.29 is 18.9 Å². The van der Waals surface area contributed by atoms with Crippen LogP contribution in [0, 0.1) is 0 Å². The number of piperidine rings is 2. The number of ether oxygens (including phenoxy) is 4. The lowest BCUT2D eigenvalue weighted by molar-refractivity contribution is 0.142. The Morgan fingerprint density at radius 2 is 0.809 bits per heavy atom. The summed E-state index contributed by atoms with van der Waals surface area (Å²) in [6.07, 6.45) is 15.8. The minimum atomic E-state index is -0.185. The van der Waals surface area contributed by atoms with E-state index in [1.807, 2.05) is 0 Å². The van der Waals surface area contributed by atoms with Gasteiger partial charge in [-0.15, -0.1) is 9.97 Å². The molecule has 68 heavy (non-hydrogen) atoms. The molecule has 0 aliphatic carbocycles. The van der Waals surface area contributed by atoms with Gasteiger partial charge < -0.3 is 39.4 Å². The van der Waals surface area contributed by atoms with Crippen molar-refractivity contribution in [2.45, 2.75) is 140 Å². The van der Waals surface area contributed by atoms with E-state index in [2.05, 4.69) is 159 Å². The van der Waals surface area contributed by atoms with Gasteiger partial charge in [-0.3, -0.25) is 0 Å². The SMILES string of the molecule is C=CCOc1nc(OCC=C)nc(N(CCCCCCN(c2nc(OCC=C)nc(OCC=C)n2)C2CC(C)(C)NC(C)(Cc3ccccc3)C2)C2CC(C)(C)NC(C)(Cc3ccccc3)C2)n1. The maximum Gasteiger partial charge on any atom is 0.324 e. The number of anilines is 2. The quantitative estimate of drug-likeness (QED) is 0.0433. The van der Waals surface area contributed by atoms with E-state index in [-0.39, 0.29) is 84.7 Å². The highest BCUT2D eigenvalue weighted by atomic mass is 16.5. The van der Waals surface area contributed by atoms with Gasteiger partial charge in [-0.1, -0.05) is 124 Å². The van der Waals surface area contributed by atoms with Crippen LogP contribution in [0.2, 0.25) is 0 Å². The first-order chi connectivity index (χ1) is 32.6. The molecule has 0 amide bonds. The fourth-order valence-corrected chi connectivity index (χ4v) is 10.5.